The molecule has 2 amide bonds. The Hall–Kier alpha value is -1.16. The van der Waals surface area contributed by atoms with E-state index in [1.807, 2.05) is 0 Å². The van der Waals surface area contributed by atoms with Crippen LogP contribution in [-0.4, -0.2) is 47.8 Å². The Morgan fingerprint density at radius 2 is 1.60 bits per heavy atom. The lowest BCUT2D eigenvalue weighted by molar-refractivity contribution is -0.136. The highest BCUT2D eigenvalue weighted by Gasteiger charge is 2.22. The van der Waals surface area contributed by atoms with Crippen molar-refractivity contribution < 1.29 is 9.59 Å². The molecule has 15 heavy (non-hydrogen) atoms. The molecule has 0 unspecified atom stereocenters. The smallest absolute Gasteiger partial charge is 0.253 e. The molecule has 2 heterocycles. The summed E-state index contributed by atoms with van der Waals surface area (Å²) >= 11 is 0. The van der Waals surface area contributed by atoms with Crippen molar-refractivity contribution in [2.75, 3.05) is 26.2 Å². The standard InChI is InChI=1S/C11H16N2O2/c14-10-4-5-11(15)13(10)9-3-8-12-6-1-2-7-12/h4-5H,1-3,6-9H2. The third-order valence-electron chi connectivity index (χ3n) is 2.96. The lowest BCUT2D eigenvalue weighted by atomic mass is 10.3. The van der Waals surface area contributed by atoms with Crippen LogP contribution < -0.4 is 0 Å². The second-order valence-corrected chi connectivity index (χ2v) is 4.06. The van der Waals surface area contributed by atoms with Crippen molar-refractivity contribution in [1.29, 1.82) is 0 Å². The van der Waals surface area contributed by atoms with Crippen LogP contribution in [0.1, 0.15) is 19.3 Å². The van der Waals surface area contributed by atoms with Crippen LogP contribution in [0.15, 0.2) is 12.2 Å². The van der Waals surface area contributed by atoms with Gasteiger partial charge >= 0.3 is 0 Å². The molecule has 0 radical (unpaired) electrons. The first-order chi connectivity index (χ1) is 7.27. The van der Waals surface area contributed by atoms with E-state index in [-0.39, 0.29) is 11.8 Å². The van der Waals surface area contributed by atoms with Gasteiger partial charge in [0.25, 0.3) is 11.8 Å². The highest BCUT2D eigenvalue weighted by Crippen LogP contribution is 2.09. The maximum Gasteiger partial charge on any atom is 0.253 e. The van der Waals surface area contributed by atoms with Crippen LogP contribution in [0.2, 0.25) is 0 Å². The van der Waals surface area contributed by atoms with Gasteiger partial charge in [-0.2, -0.15) is 0 Å². The van der Waals surface area contributed by atoms with Gasteiger partial charge in [0, 0.05) is 18.7 Å². The third kappa shape index (κ3) is 2.45. The average molecular weight is 208 g/mol. The van der Waals surface area contributed by atoms with E-state index in [0.717, 1.165) is 13.0 Å². The Labute approximate surface area is 89.5 Å². The first kappa shape index (κ1) is 10.4. The van der Waals surface area contributed by atoms with Crippen LogP contribution >= 0.6 is 0 Å². The van der Waals surface area contributed by atoms with Crippen LogP contribution in [0, 0.1) is 0 Å². The SMILES string of the molecule is O=C1C=CC(=O)N1CCCN1CCCC1. The van der Waals surface area contributed by atoms with Crippen LogP contribution in [0.3, 0.4) is 0 Å². The monoisotopic (exact) mass is 208 g/mol. The fourth-order valence-corrected chi connectivity index (χ4v) is 2.11. The van der Waals surface area contributed by atoms with Crippen molar-refractivity contribution in [2.24, 2.45) is 0 Å². The molecule has 0 saturated carbocycles. The molecule has 4 heteroatoms. The maximum absolute atomic E-state index is 11.2. The number of nitrogens with zero attached hydrogens (tertiary/aromatic N) is 2. The van der Waals surface area contributed by atoms with Gasteiger partial charge in [-0.25, -0.2) is 0 Å². The zero-order chi connectivity index (χ0) is 10.7. The third-order valence-corrected chi connectivity index (χ3v) is 2.96. The highest BCUT2D eigenvalue weighted by atomic mass is 16.2. The molecule has 0 aliphatic carbocycles. The van der Waals surface area contributed by atoms with Crippen LogP contribution in [-0.2, 0) is 9.59 Å². The molecule has 1 saturated heterocycles. The van der Waals surface area contributed by atoms with Gasteiger partial charge < -0.3 is 4.90 Å². The summed E-state index contributed by atoms with van der Waals surface area (Å²) in [6, 6.07) is 0. The lowest BCUT2D eigenvalue weighted by Crippen LogP contribution is -2.33. The largest absolute Gasteiger partial charge is 0.303 e. The van der Waals surface area contributed by atoms with Crippen molar-refractivity contribution in [2.45, 2.75) is 19.3 Å². The van der Waals surface area contributed by atoms with Crippen molar-refractivity contribution in [3.05, 3.63) is 12.2 Å². The summed E-state index contributed by atoms with van der Waals surface area (Å²) in [5, 5.41) is 0. The summed E-state index contributed by atoms with van der Waals surface area (Å²) < 4.78 is 0. The van der Waals surface area contributed by atoms with E-state index in [1.54, 1.807) is 0 Å². The average Bonchev–Trinajstić information content (AvgIpc) is 2.82. The lowest BCUT2D eigenvalue weighted by Gasteiger charge is -2.17. The molecule has 0 N–H and O–H groups in total. The van der Waals surface area contributed by atoms with Gasteiger partial charge in [-0.3, -0.25) is 14.5 Å². The van der Waals surface area contributed by atoms with E-state index in [4.69, 9.17) is 0 Å². The van der Waals surface area contributed by atoms with Gasteiger partial charge in [0.2, 0.25) is 0 Å². The van der Waals surface area contributed by atoms with Gasteiger partial charge in [-0.15, -0.1) is 0 Å². The Morgan fingerprint density at radius 1 is 1.00 bits per heavy atom. The first-order valence-corrected chi connectivity index (χ1v) is 5.53. The number of imide groups is 1. The predicted octanol–water partition coefficient (Wildman–Crippen LogP) is 0.397. The van der Waals surface area contributed by atoms with Gasteiger partial charge in [0.1, 0.15) is 0 Å². The molecule has 0 atom stereocenters. The topological polar surface area (TPSA) is 40.6 Å². The molecule has 1 fully saturated rings. The number of rotatable bonds is 4. The molecule has 4 nitrogen and oxygen atoms in total. The zero-order valence-electron chi connectivity index (χ0n) is 8.82. The summed E-state index contributed by atoms with van der Waals surface area (Å²) in [5.74, 6) is -0.331. The predicted molar refractivity (Wildman–Crippen MR) is 56.2 cm³/mol. The summed E-state index contributed by atoms with van der Waals surface area (Å²) in [4.78, 5) is 26.1. The summed E-state index contributed by atoms with van der Waals surface area (Å²) in [5.41, 5.74) is 0. The number of carbonyl (C=O) groups excluding carboxylic acids is 2. The van der Waals surface area contributed by atoms with Gasteiger partial charge in [0.15, 0.2) is 0 Å². The summed E-state index contributed by atoms with van der Waals surface area (Å²) in [6.07, 6.45) is 6.14. The fraction of sp³-hybridized carbons (Fsp3) is 0.636. The van der Waals surface area contributed by atoms with Crippen molar-refractivity contribution >= 4 is 11.8 Å². The fourth-order valence-electron chi connectivity index (χ4n) is 2.11. The minimum absolute atomic E-state index is 0.165. The number of likely N-dealkylation sites (tertiary alicyclic amines) is 1. The maximum atomic E-state index is 11.2. The highest BCUT2D eigenvalue weighted by molar-refractivity contribution is 6.12. The molecular weight excluding hydrogens is 192 g/mol. The van der Waals surface area contributed by atoms with E-state index in [9.17, 15) is 9.59 Å². The van der Waals surface area contributed by atoms with Gasteiger partial charge in [-0.05, 0) is 38.9 Å². The van der Waals surface area contributed by atoms with E-state index >= 15 is 0 Å². The van der Waals surface area contributed by atoms with Crippen LogP contribution in [0.5, 0.6) is 0 Å². The number of carbonyl (C=O) groups is 2. The van der Waals surface area contributed by atoms with Crippen LogP contribution in [0.25, 0.3) is 0 Å². The molecule has 2 aliphatic heterocycles. The van der Waals surface area contributed by atoms with E-state index in [2.05, 4.69) is 4.90 Å². The molecule has 0 spiro atoms. The Balaban J connectivity index is 1.69. The van der Waals surface area contributed by atoms with E-state index < -0.39 is 0 Å². The quantitative estimate of drug-likeness (QED) is 0.628. The van der Waals surface area contributed by atoms with Crippen molar-refractivity contribution in [3.63, 3.8) is 0 Å². The summed E-state index contributed by atoms with van der Waals surface area (Å²) in [6.45, 7) is 3.89. The molecule has 0 aromatic heterocycles. The number of hydrogen-bond acceptors (Lipinski definition) is 3. The van der Waals surface area contributed by atoms with E-state index in [0.29, 0.717) is 6.54 Å². The van der Waals surface area contributed by atoms with Gasteiger partial charge in [-0.1, -0.05) is 0 Å². The Morgan fingerprint density at radius 3 is 2.20 bits per heavy atom. The molecule has 2 aliphatic rings. The zero-order valence-corrected chi connectivity index (χ0v) is 8.82. The summed E-state index contributed by atoms with van der Waals surface area (Å²) in [7, 11) is 0. The Kier molecular flexibility index (Phi) is 3.16. The molecule has 0 aromatic rings. The van der Waals surface area contributed by atoms with E-state index in [1.165, 1.54) is 43.0 Å². The Bertz CT molecular complexity index is 275. The minimum Gasteiger partial charge on any atom is -0.303 e. The molecular formula is C11H16N2O2. The van der Waals surface area contributed by atoms with Crippen LogP contribution in [0.4, 0.5) is 0 Å². The normalized spacial score (nSPS) is 22.0. The molecule has 0 bridgehead atoms. The van der Waals surface area contributed by atoms with Crippen molar-refractivity contribution in [3.8, 4) is 0 Å². The second kappa shape index (κ2) is 4.57. The second-order valence-electron chi connectivity index (χ2n) is 4.06. The molecule has 2 rings (SSSR count). The number of hydrogen-bond donors (Lipinski definition) is 0. The van der Waals surface area contributed by atoms with Gasteiger partial charge in [0.05, 0.1) is 0 Å². The number of amides is 2. The van der Waals surface area contributed by atoms with Crippen molar-refractivity contribution in [1.82, 2.24) is 9.80 Å². The molecule has 82 valence electrons. The first-order valence-electron chi connectivity index (χ1n) is 5.53. The minimum atomic E-state index is -0.165. The molecule has 0 aromatic carbocycles.